The van der Waals surface area contributed by atoms with E-state index in [0.717, 1.165) is 17.7 Å². The summed E-state index contributed by atoms with van der Waals surface area (Å²) in [6, 6.07) is 7.78. The Hall–Kier alpha value is -1.63. The Balaban J connectivity index is 2.15. The van der Waals surface area contributed by atoms with Crippen LogP contribution in [0.25, 0.3) is 0 Å². The van der Waals surface area contributed by atoms with Crippen LogP contribution in [0.1, 0.15) is 25.3 Å². The van der Waals surface area contributed by atoms with Crippen molar-refractivity contribution in [2.75, 3.05) is 40.1 Å². The summed E-state index contributed by atoms with van der Waals surface area (Å²) >= 11 is 0. The minimum atomic E-state index is -1.04. The molecule has 0 saturated heterocycles. The maximum absolute atomic E-state index is 11.1. The van der Waals surface area contributed by atoms with Crippen LogP contribution < -0.4 is 4.74 Å². The van der Waals surface area contributed by atoms with E-state index in [4.69, 9.17) is 14.2 Å². The molecule has 0 fully saturated rings. The van der Waals surface area contributed by atoms with E-state index in [1.165, 1.54) is 7.11 Å². The van der Waals surface area contributed by atoms with Gasteiger partial charge in [-0.1, -0.05) is 12.1 Å². The Morgan fingerprint density at radius 1 is 1.08 bits per heavy atom. The Labute approximate surface area is 143 Å². The minimum Gasteiger partial charge on any atom is -0.491 e. The standard InChI is InChI=1S/C18H28O6/c1-3-22-11-12-23-13-14-24-16-9-7-15(8-10-16)5-4-6-17(19)18(20)21-2/h7-10,17,19H,3-6,11-14H2,1-2H3. The molecule has 1 unspecified atom stereocenters. The van der Waals surface area contributed by atoms with Gasteiger partial charge in [-0.3, -0.25) is 0 Å². The molecule has 0 aliphatic rings. The molecule has 1 atom stereocenters. The summed E-state index contributed by atoms with van der Waals surface area (Å²) in [5.74, 6) is 0.212. The first-order valence-corrected chi connectivity index (χ1v) is 8.30. The van der Waals surface area contributed by atoms with E-state index in [1.807, 2.05) is 31.2 Å². The number of aryl methyl sites for hydroxylation is 1. The lowest BCUT2D eigenvalue weighted by atomic mass is 10.1. The molecule has 6 nitrogen and oxygen atoms in total. The van der Waals surface area contributed by atoms with Gasteiger partial charge in [-0.05, 0) is 43.9 Å². The van der Waals surface area contributed by atoms with Gasteiger partial charge in [0.25, 0.3) is 0 Å². The van der Waals surface area contributed by atoms with Gasteiger partial charge < -0.3 is 24.1 Å². The summed E-state index contributed by atoms with van der Waals surface area (Å²) in [5, 5.41) is 9.51. The Morgan fingerprint density at radius 2 is 1.75 bits per heavy atom. The molecule has 0 aliphatic carbocycles. The predicted octanol–water partition coefficient (Wildman–Crippen LogP) is 1.98. The fourth-order valence-corrected chi connectivity index (χ4v) is 2.09. The van der Waals surface area contributed by atoms with Crippen LogP contribution in [-0.4, -0.2) is 57.3 Å². The second kappa shape index (κ2) is 12.8. The van der Waals surface area contributed by atoms with Crippen molar-refractivity contribution in [3.8, 4) is 5.75 Å². The van der Waals surface area contributed by atoms with E-state index in [9.17, 15) is 9.90 Å². The zero-order chi connectivity index (χ0) is 17.6. The monoisotopic (exact) mass is 340 g/mol. The molecule has 0 aliphatic heterocycles. The molecule has 1 aromatic carbocycles. The molecule has 0 amide bonds. The summed E-state index contributed by atoms with van der Waals surface area (Å²) < 4.78 is 20.6. The normalized spacial score (nSPS) is 12.0. The van der Waals surface area contributed by atoms with Gasteiger partial charge in [0.15, 0.2) is 6.10 Å². The molecule has 0 aromatic heterocycles. The molecule has 0 radical (unpaired) electrons. The van der Waals surface area contributed by atoms with Crippen molar-refractivity contribution in [3.63, 3.8) is 0 Å². The van der Waals surface area contributed by atoms with Gasteiger partial charge in [-0.15, -0.1) is 0 Å². The molecule has 24 heavy (non-hydrogen) atoms. The Morgan fingerprint density at radius 3 is 2.42 bits per heavy atom. The largest absolute Gasteiger partial charge is 0.491 e. The third-order valence-electron chi connectivity index (χ3n) is 3.41. The lowest BCUT2D eigenvalue weighted by Gasteiger charge is -2.09. The highest BCUT2D eigenvalue weighted by molar-refractivity contribution is 5.74. The molecule has 1 aromatic rings. The molecule has 136 valence electrons. The molecular weight excluding hydrogens is 312 g/mol. The molecule has 0 heterocycles. The number of esters is 1. The quantitative estimate of drug-likeness (QED) is 0.437. The molecular formula is C18H28O6. The number of benzene rings is 1. The second-order valence-corrected chi connectivity index (χ2v) is 5.23. The first kappa shape index (κ1) is 20.4. The lowest BCUT2D eigenvalue weighted by Crippen LogP contribution is -2.21. The van der Waals surface area contributed by atoms with Gasteiger partial charge in [0.2, 0.25) is 0 Å². The average molecular weight is 340 g/mol. The van der Waals surface area contributed by atoms with Gasteiger partial charge in [0, 0.05) is 6.61 Å². The van der Waals surface area contributed by atoms with Crippen LogP contribution in [0.3, 0.4) is 0 Å². The number of hydrogen-bond donors (Lipinski definition) is 1. The summed E-state index contributed by atoms with van der Waals surface area (Å²) in [6.07, 6.45) is 0.851. The number of methoxy groups -OCH3 is 1. The van der Waals surface area contributed by atoms with Crippen LogP contribution in [0, 0.1) is 0 Å². The highest BCUT2D eigenvalue weighted by Crippen LogP contribution is 2.14. The van der Waals surface area contributed by atoms with Gasteiger partial charge >= 0.3 is 5.97 Å². The van der Waals surface area contributed by atoms with Crippen molar-refractivity contribution < 1.29 is 28.8 Å². The first-order valence-electron chi connectivity index (χ1n) is 8.30. The molecule has 0 bridgehead atoms. The van der Waals surface area contributed by atoms with E-state index < -0.39 is 12.1 Å². The topological polar surface area (TPSA) is 74.2 Å². The first-order chi connectivity index (χ1) is 11.7. The van der Waals surface area contributed by atoms with E-state index in [1.54, 1.807) is 0 Å². The number of aliphatic hydroxyl groups is 1. The Bertz CT molecular complexity index is 445. The van der Waals surface area contributed by atoms with Crippen molar-refractivity contribution in [1.82, 2.24) is 0 Å². The predicted molar refractivity (Wildman–Crippen MR) is 90.2 cm³/mol. The molecule has 0 saturated carbocycles. The Kier molecular flexibility index (Phi) is 10.8. The zero-order valence-electron chi connectivity index (χ0n) is 14.5. The van der Waals surface area contributed by atoms with Crippen molar-refractivity contribution in [1.29, 1.82) is 0 Å². The van der Waals surface area contributed by atoms with Crippen molar-refractivity contribution in [3.05, 3.63) is 29.8 Å². The van der Waals surface area contributed by atoms with Crippen LogP contribution in [-0.2, 0) is 25.4 Å². The van der Waals surface area contributed by atoms with Gasteiger partial charge in [-0.2, -0.15) is 0 Å². The van der Waals surface area contributed by atoms with Gasteiger partial charge in [0.1, 0.15) is 12.4 Å². The number of ether oxygens (including phenoxy) is 4. The molecule has 6 heteroatoms. The van der Waals surface area contributed by atoms with Crippen LogP contribution in [0.2, 0.25) is 0 Å². The number of hydrogen-bond acceptors (Lipinski definition) is 6. The molecule has 1 rings (SSSR count). The fourth-order valence-electron chi connectivity index (χ4n) is 2.09. The van der Waals surface area contributed by atoms with Gasteiger partial charge in [0.05, 0.1) is 26.9 Å². The van der Waals surface area contributed by atoms with Crippen molar-refractivity contribution in [2.45, 2.75) is 32.3 Å². The minimum absolute atomic E-state index is 0.393. The maximum atomic E-state index is 11.1. The third kappa shape index (κ3) is 8.86. The highest BCUT2D eigenvalue weighted by atomic mass is 16.5. The van der Waals surface area contributed by atoms with Crippen LogP contribution in [0.4, 0.5) is 0 Å². The van der Waals surface area contributed by atoms with E-state index in [0.29, 0.717) is 45.9 Å². The average Bonchev–Trinajstić information content (AvgIpc) is 2.61. The van der Waals surface area contributed by atoms with Crippen LogP contribution >= 0.6 is 0 Å². The van der Waals surface area contributed by atoms with Crippen molar-refractivity contribution >= 4 is 5.97 Å². The lowest BCUT2D eigenvalue weighted by molar-refractivity contribution is -0.150. The van der Waals surface area contributed by atoms with E-state index >= 15 is 0 Å². The molecule has 0 spiro atoms. The second-order valence-electron chi connectivity index (χ2n) is 5.23. The van der Waals surface area contributed by atoms with Gasteiger partial charge in [-0.25, -0.2) is 4.79 Å². The smallest absolute Gasteiger partial charge is 0.334 e. The number of aliphatic hydroxyl groups excluding tert-OH is 1. The fraction of sp³-hybridized carbons (Fsp3) is 0.611. The summed E-state index contributed by atoms with van der Waals surface area (Å²) in [6.45, 7) is 4.86. The number of carbonyl (C=O) groups excluding carboxylic acids is 1. The SMILES string of the molecule is CCOCCOCCOc1ccc(CCCC(O)C(=O)OC)cc1. The number of rotatable bonds is 13. The maximum Gasteiger partial charge on any atom is 0.334 e. The van der Waals surface area contributed by atoms with E-state index in [2.05, 4.69) is 4.74 Å². The van der Waals surface area contributed by atoms with Crippen LogP contribution in [0.5, 0.6) is 5.75 Å². The number of carbonyl (C=O) groups is 1. The summed E-state index contributed by atoms with van der Waals surface area (Å²) in [4.78, 5) is 11.1. The van der Waals surface area contributed by atoms with Crippen LogP contribution in [0.15, 0.2) is 24.3 Å². The molecule has 1 N–H and O–H groups in total. The zero-order valence-corrected chi connectivity index (χ0v) is 14.5. The third-order valence-corrected chi connectivity index (χ3v) is 3.41. The van der Waals surface area contributed by atoms with E-state index in [-0.39, 0.29) is 0 Å². The summed E-state index contributed by atoms with van der Waals surface area (Å²) in [5.41, 5.74) is 1.13. The van der Waals surface area contributed by atoms with Crippen molar-refractivity contribution in [2.24, 2.45) is 0 Å². The highest BCUT2D eigenvalue weighted by Gasteiger charge is 2.14. The summed E-state index contributed by atoms with van der Waals surface area (Å²) in [7, 11) is 1.27.